The summed E-state index contributed by atoms with van der Waals surface area (Å²) in [5.74, 6) is 0. The second-order valence-electron chi connectivity index (χ2n) is 4.95. The van der Waals surface area contributed by atoms with Gasteiger partial charge in [-0.15, -0.1) is 0 Å². The number of nitrogens with zero attached hydrogens (tertiary/aromatic N) is 1. The van der Waals surface area contributed by atoms with Crippen LogP contribution in [0.4, 0.5) is 0 Å². The number of β-amino-alcohol motifs (C(OH)–C–C–N with tert-alkyl or cyclic N) is 1. The quantitative estimate of drug-likeness (QED) is 0.896. The van der Waals surface area contributed by atoms with Crippen molar-refractivity contribution >= 4 is 15.9 Å². The number of halogens is 1. The Kier molecular flexibility index (Phi) is 5.18. The van der Waals surface area contributed by atoms with E-state index in [9.17, 15) is 10.2 Å². The third-order valence-electron chi connectivity index (χ3n) is 3.45. The number of benzene rings is 1. The molecule has 4 heteroatoms. The molecule has 1 aliphatic heterocycles. The van der Waals surface area contributed by atoms with Crippen molar-refractivity contribution < 1.29 is 10.2 Å². The molecule has 2 atom stereocenters. The molecule has 0 aliphatic carbocycles. The van der Waals surface area contributed by atoms with Gasteiger partial charge in [-0.1, -0.05) is 28.1 Å². The van der Waals surface area contributed by atoms with Gasteiger partial charge in [-0.25, -0.2) is 0 Å². The Morgan fingerprint density at radius 2 is 2.06 bits per heavy atom. The van der Waals surface area contributed by atoms with Gasteiger partial charge in [-0.05, 0) is 43.5 Å². The fourth-order valence-electron chi connectivity index (χ4n) is 2.39. The van der Waals surface area contributed by atoms with Crippen LogP contribution in [0, 0.1) is 0 Å². The molecule has 1 fully saturated rings. The second kappa shape index (κ2) is 6.66. The SMILES string of the molecule is OC1CCCN(CCC(O)c2ccc(Br)cc2)C1. The van der Waals surface area contributed by atoms with Crippen LogP contribution in [0.2, 0.25) is 0 Å². The molecule has 1 saturated heterocycles. The molecule has 1 aromatic carbocycles. The second-order valence-corrected chi connectivity index (χ2v) is 5.87. The molecule has 18 heavy (non-hydrogen) atoms. The monoisotopic (exact) mass is 313 g/mol. The maximum Gasteiger partial charge on any atom is 0.0802 e. The highest BCUT2D eigenvalue weighted by Crippen LogP contribution is 2.20. The fourth-order valence-corrected chi connectivity index (χ4v) is 2.66. The first kappa shape index (κ1) is 14.0. The van der Waals surface area contributed by atoms with Crippen LogP contribution in [0.15, 0.2) is 28.7 Å². The lowest BCUT2D eigenvalue weighted by Crippen LogP contribution is -2.39. The molecule has 0 saturated carbocycles. The Bertz CT molecular complexity index is 369. The zero-order valence-corrected chi connectivity index (χ0v) is 12.0. The van der Waals surface area contributed by atoms with E-state index in [-0.39, 0.29) is 6.10 Å². The summed E-state index contributed by atoms with van der Waals surface area (Å²) < 4.78 is 1.03. The Morgan fingerprint density at radius 1 is 1.33 bits per heavy atom. The lowest BCUT2D eigenvalue weighted by Gasteiger charge is -2.30. The molecule has 1 aromatic rings. The van der Waals surface area contributed by atoms with Crippen molar-refractivity contribution in [3.63, 3.8) is 0 Å². The van der Waals surface area contributed by atoms with Crippen LogP contribution in [0.1, 0.15) is 30.9 Å². The molecule has 0 aromatic heterocycles. The minimum Gasteiger partial charge on any atom is -0.392 e. The van der Waals surface area contributed by atoms with Crippen molar-refractivity contribution in [2.75, 3.05) is 19.6 Å². The smallest absolute Gasteiger partial charge is 0.0802 e. The molecule has 1 aliphatic rings. The third-order valence-corrected chi connectivity index (χ3v) is 3.98. The number of aliphatic hydroxyl groups excluding tert-OH is 2. The van der Waals surface area contributed by atoms with Gasteiger partial charge in [0.1, 0.15) is 0 Å². The van der Waals surface area contributed by atoms with Crippen LogP contribution in [0.3, 0.4) is 0 Å². The molecule has 0 radical (unpaired) electrons. The molecule has 0 bridgehead atoms. The van der Waals surface area contributed by atoms with Crippen molar-refractivity contribution in [3.8, 4) is 0 Å². The van der Waals surface area contributed by atoms with E-state index in [1.165, 1.54) is 0 Å². The zero-order chi connectivity index (χ0) is 13.0. The van der Waals surface area contributed by atoms with Gasteiger partial charge in [-0.3, -0.25) is 0 Å². The van der Waals surface area contributed by atoms with Crippen LogP contribution < -0.4 is 0 Å². The average Bonchev–Trinajstić information content (AvgIpc) is 2.37. The molecule has 0 amide bonds. The standard InChI is InChI=1S/C14H20BrNO2/c15-12-5-3-11(4-6-12)14(18)7-9-16-8-1-2-13(17)10-16/h3-6,13-14,17-18H,1-2,7-10H2. The highest BCUT2D eigenvalue weighted by molar-refractivity contribution is 9.10. The molecular weight excluding hydrogens is 294 g/mol. The number of hydrogen-bond donors (Lipinski definition) is 2. The number of aliphatic hydroxyl groups is 2. The summed E-state index contributed by atoms with van der Waals surface area (Å²) in [4.78, 5) is 2.23. The minimum atomic E-state index is -0.419. The van der Waals surface area contributed by atoms with E-state index in [0.717, 1.165) is 42.5 Å². The van der Waals surface area contributed by atoms with E-state index in [1.54, 1.807) is 0 Å². The van der Waals surface area contributed by atoms with E-state index in [0.29, 0.717) is 6.42 Å². The van der Waals surface area contributed by atoms with Crippen LogP contribution in [0.25, 0.3) is 0 Å². The van der Waals surface area contributed by atoms with Crippen LogP contribution in [0.5, 0.6) is 0 Å². The van der Waals surface area contributed by atoms with Crippen molar-refractivity contribution in [3.05, 3.63) is 34.3 Å². The maximum absolute atomic E-state index is 10.1. The molecule has 1 heterocycles. The molecular formula is C14H20BrNO2. The van der Waals surface area contributed by atoms with Gasteiger partial charge in [0, 0.05) is 17.6 Å². The summed E-state index contributed by atoms with van der Waals surface area (Å²) in [6, 6.07) is 7.78. The molecule has 2 rings (SSSR count). The highest BCUT2D eigenvalue weighted by Gasteiger charge is 2.18. The predicted octanol–water partition coefficient (Wildman–Crippen LogP) is 2.33. The Morgan fingerprint density at radius 3 is 2.72 bits per heavy atom. The lowest BCUT2D eigenvalue weighted by atomic mass is 10.0. The summed E-state index contributed by atoms with van der Waals surface area (Å²) in [5, 5.41) is 19.7. The first-order valence-electron chi connectivity index (χ1n) is 6.49. The van der Waals surface area contributed by atoms with Gasteiger partial charge in [-0.2, -0.15) is 0 Å². The minimum absolute atomic E-state index is 0.191. The van der Waals surface area contributed by atoms with E-state index in [1.807, 2.05) is 24.3 Å². The lowest BCUT2D eigenvalue weighted by molar-refractivity contribution is 0.0590. The Hall–Kier alpha value is -0.420. The van der Waals surface area contributed by atoms with Crippen molar-refractivity contribution in [2.24, 2.45) is 0 Å². The summed E-state index contributed by atoms with van der Waals surface area (Å²) in [6.45, 7) is 2.62. The van der Waals surface area contributed by atoms with Crippen LogP contribution in [-0.2, 0) is 0 Å². The topological polar surface area (TPSA) is 43.7 Å². The van der Waals surface area contributed by atoms with Gasteiger partial charge in [0.2, 0.25) is 0 Å². The predicted molar refractivity (Wildman–Crippen MR) is 75.4 cm³/mol. The van der Waals surface area contributed by atoms with Crippen LogP contribution in [-0.4, -0.2) is 40.9 Å². The van der Waals surface area contributed by atoms with Gasteiger partial charge in [0.05, 0.1) is 12.2 Å². The zero-order valence-electron chi connectivity index (χ0n) is 10.4. The number of likely N-dealkylation sites (tertiary alicyclic amines) is 1. The van der Waals surface area contributed by atoms with E-state index in [2.05, 4.69) is 20.8 Å². The summed E-state index contributed by atoms with van der Waals surface area (Å²) in [5.41, 5.74) is 0.954. The Balaban J connectivity index is 1.80. The first-order chi connectivity index (χ1) is 8.65. The molecule has 100 valence electrons. The van der Waals surface area contributed by atoms with E-state index < -0.39 is 6.10 Å². The molecule has 3 nitrogen and oxygen atoms in total. The number of hydrogen-bond acceptors (Lipinski definition) is 3. The van der Waals surface area contributed by atoms with Gasteiger partial charge in [0.15, 0.2) is 0 Å². The fraction of sp³-hybridized carbons (Fsp3) is 0.571. The normalized spacial score (nSPS) is 22.9. The molecule has 2 N–H and O–H groups in total. The summed E-state index contributed by atoms with van der Waals surface area (Å²) in [6.07, 6.45) is 2.07. The maximum atomic E-state index is 10.1. The molecule has 0 spiro atoms. The third kappa shape index (κ3) is 4.05. The van der Waals surface area contributed by atoms with Crippen LogP contribution >= 0.6 is 15.9 Å². The molecule has 2 unspecified atom stereocenters. The largest absolute Gasteiger partial charge is 0.392 e. The number of piperidine rings is 1. The number of rotatable bonds is 4. The first-order valence-corrected chi connectivity index (χ1v) is 7.28. The van der Waals surface area contributed by atoms with Gasteiger partial charge in [0.25, 0.3) is 0 Å². The van der Waals surface area contributed by atoms with Gasteiger partial charge >= 0.3 is 0 Å². The highest BCUT2D eigenvalue weighted by atomic mass is 79.9. The van der Waals surface area contributed by atoms with E-state index >= 15 is 0 Å². The van der Waals surface area contributed by atoms with E-state index in [4.69, 9.17) is 0 Å². The Labute approximate surface area is 117 Å². The van der Waals surface area contributed by atoms with Crippen molar-refractivity contribution in [1.29, 1.82) is 0 Å². The van der Waals surface area contributed by atoms with Crippen molar-refractivity contribution in [2.45, 2.75) is 31.5 Å². The summed E-state index contributed by atoms with van der Waals surface area (Å²) in [7, 11) is 0. The van der Waals surface area contributed by atoms with Gasteiger partial charge < -0.3 is 15.1 Å². The summed E-state index contributed by atoms with van der Waals surface area (Å²) >= 11 is 3.39. The average molecular weight is 314 g/mol. The van der Waals surface area contributed by atoms with Crippen molar-refractivity contribution in [1.82, 2.24) is 4.90 Å².